The molecule has 0 aliphatic heterocycles. The number of hydrogen-bond acceptors (Lipinski definition) is 3. The second-order valence-corrected chi connectivity index (χ2v) is 6.91. The predicted octanol–water partition coefficient (Wildman–Crippen LogP) is 5.11. The maximum Gasteiger partial charge on any atom is 0.449 e. The smallest absolute Gasteiger partial charge is 0.449 e. The van der Waals surface area contributed by atoms with Gasteiger partial charge in [0.15, 0.2) is 0 Å². The maximum absolute atomic E-state index is 13.0. The maximum atomic E-state index is 13.0. The summed E-state index contributed by atoms with van der Waals surface area (Å²) < 4.78 is 44.2. The van der Waals surface area contributed by atoms with E-state index in [9.17, 15) is 18.0 Å². The molecule has 1 heterocycles. The molecule has 4 rings (SSSR count). The summed E-state index contributed by atoms with van der Waals surface area (Å²) in [6.07, 6.45) is -4.57. The molecule has 0 aliphatic rings. The summed E-state index contributed by atoms with van der Waals surface area (Å²) in [7, 11) is 1.51. The van der Waals surface area contributed by atoms with Crippen LogP contribution in [0, 0.1) is 0 Å². The topological polar surface area (TPSA) is 67.0 Å². The van der Waals surface area contributed by atoms with Crippen molar-refractivity contribution >= 4 is 16.9 Å². The van der Waals surface area contributed by atoms with Crippen LogP contribution in [0.4, 0.5) is 13.2 Å². The Morgan fingerprint density at radius 3 is 2.48 bits per heavy atom. The first-order valence-corrected chi connectivity index (χ1v) is 9.42. The molecule has 0 saturated carbocycles. The van der Waals surface area contributed by atoms with Gasteiger partial charge in [0, 0.05) is 5.56 Å². The number of amides is 1. The van der Waals surface area contributed by atoms with Crippen LogP contribution in [0.15, 0.2) is 72.8 Å². The van der Waals surface area contributed by atoms with Crippen molar-refractivity contribution in [3.05, 3.63) is 95.3 Å². The first-order chi connectivity index (χ1) is 14.8. The summed E-state index contributed by atoms with van der Waals surface area (Å²) in [5.74, 6) is -0.854. The van der Waals surface area contributed by atoms with Crippen LogP contribution < -0.4 is 10.1 Å². The largest absolute Gasteiger partial charge is 0.497 e. The molecule has 1 atom stereocenters. The first kappa shape index (κ1) is 20.5. The highest BCUT2D eigenvalue weighted by atomic mass is 19.4. The summed E-state index contributed by atoms with van der Waals surface area (Å²) in [5.41, 5.74) is 2.24. The lowest BCUT2D eigenvalue weighted by Crippen LogP contribution is -2.29. The Labute approximate surface area is 175 Å². The number of methoxy groups -OCH3 is 1. The van der Waals surface area contributed by atoms with Crippen LogP contribution in [0.5, 0.6) is 5.75 Å². The van der Waals surface area contributed by atoms with E-state index >= 15 is 0 Å². The molecular formula is C23H18F3N3O2. The van der Waals surface area contributed by atoms with E-state index in [0.717, 1.165) is 5.56 Å². The number of alkyl halides is 3. The second-order valence-electron chi connectivity index (χ2n) is 6.91. The standard InChI is InChI=1S/C23H18F3N3O2/c1-31-17-9-5-8-16(12-17)21(30)29-20(14-6-3-2-4-7-14)15-10-11-18-19(13-15)28-22(27-18)23(24,25)26/h2-13,20H,1H3,(H,27,28)(H,29,30). The van der Waals surface area contributed by atoms with Gasteiger partial charge in [0.25, 0.3) is 5.91 Å². The summed E-state index contributed by atoms with van der Waals surface area (Å²) in [6.45, 7) is 0. The quantitative estimate of drug-likeness (QED) is 0.467. The second kappa shape index (κ2) is 8.14. The van der Waals surface area contributed by atoms with Crippen LogP contribution in [0.1, 0.15) is 33.4 Å². The van der Waals surface area contributed by atoms with Gasteiger partial charge in [-0.25, -0.2) is 4.98 Å². The van der Waals surface area contributed by atoms with Gasteiger partial charge in [-0.2, -0.15) is 13.2 Å². The number of hydrogen-bond donors (Lipinski definition) is 2. The van der Waals surface area contributed by atoms with Gasteiger partial charge in [0.2, 0.25) is 5.82 Å². The SMILES string of the molecule is COc1cccc(C(=O)NC(c2ccccc2)c2ccc3nc(C(F)(F)F)[nH]c3c2)c1. The van der Waals surface area contributed by atoms with Gasteiger partial charge in [-0.1, -0.05) is 42.5 Å². The lowest BCUT2D eigenvalue weighted by atomic mass is 9.97. The highest BCUT2D eigenvalue weighted by Crippen LogP contribution is 2.30. The van der Waals surface area contributed by atoms with Gasteiger partial charge < -0.3 is 15.0 Å². The van der Waals surface area contributed by atoms with Crippen LogP contribution in [-0.2, 0) is 6.18 Å². The zero-order valence-corrected chi connectivity index (χ0v) is 16.4. The van der Waals surface area contributed by atoms with Gasteiger partial charge in [-0.15, -0.1) is 0 Å². The molecule has 3 aromatic carbocycles. The lowest BCUT2D eigenvalue weighted by Gasteiger charge is -2.20. The van der Waals surface area contributed by atoms with Crippen molar-refractivity contribution in [2.75, 3.05) is 7.11 Å². The number of benzene rings is 3. The van der Waals surface area contributed by atoms with Gasteiger partial charge in [0.1, 0.15) is 5.75 Å². The number of carbonyl (C=O) groups excluding carboxylic acids is 1. The molecule has 31 heavy (non-hydrogen) atoms. The van der Waals surface area contributed by atoms with Crippen LogP contribution in [-0.4, -0.2) is 23.0 Å². The van der Waals surface area contributed by atoms with Gasteiger partial charge in [-0.3, -0.25) is 4.79 Å². The minimum atomic E-state index is -4.57. The molecule has 4 aromatic rings. The molecule has 158 valence electrons. The van der Waals surface area contributed by atoms with Crippen LogP contribution in [0.25, 0.3) is 11.0 Å². The average Bonchev–Trinajstić information content (AvgIpc) is 3.22. The summed E-state index contributed by atoms with van der Waals surface area (Å²) >= 11 is 0. The molecule has 5 nitrogen and oxygen atoms in total. The third-order valence-corrected chi connectivity index (χ3v) is 4.85. The van der Waals surface area contributed by atoms with E-state index in [4.69, 9.17) is 4.74 Å². The monoisotopic (exact) mass is 425 g/mol. The van der Waals surface area contributed by atoms with Crippen molar-refractivity contribution in [2.24, 2.45) is 0 Å². The van der Waals surface area contributed by atoms with E-state index in [1.54, 1.807) is 36.4 Å². The minimum Gasteiger partial charge on any atom is -0.497 e. The third kappa shape index (κ3) is 4.37. The number of ether oxygens (including phenoxy) is 1. The normalized spacial score (nSPS) is 12.5. The molecule has 0 saturated heterocycles. The summed E-state index contributed by atoms with van der Waals surface area (Å²) in [5, 5.41) is 2.97. The number of fused-ring (bicyclic) bond motifs is 1. The Bertz CT molecular complexity index is 1220. The van der Waals surface area contributed by atoms with Crippen molar-refractivity contribution in [3.63, 3.8) is 0 Å². The number of nitrogens with one attached hydrogen (secondary N) is 2. The van der Waals surface area contributed by atoms with Gasteiger partial charge in [-0.05, 0) is 41.5 Å². The van der Waals surface area contributed by atoms with E-state index in [1.165, 1.54) is 13.2 Å². The Hall–Kier alpha value is -3.81. The van der Waals surface area contributed by atoms with Crippen molar-refractivity contribution in [1.29, 1.82) is 0 Å². The van der Waals surface area contributed by atoms with Crippen LogP contribution in [0.3, 0.4) is 0 Å². The van der Waals surface area contributed by atoms with E-state index in [-0.39, 0.29) is 16.9 Å². The van der Waals surface area contributed by atoms with Crippen LogP contribution >= 0.6 is 0 Å². The number of nitrogens with zero attached hydrogens (tertiary/aromatic N) is 1. The third-order valence-electron chi connectivity index (χ3n) is 4.85. The predicted molar refractivity (Wildman–Crippen MR) is 110 cm³/mol. The highest BCUT2D eigenvalue weighted by Gasteiger charge is 2.34. The Kier molecular flexibility index (Phi) is 5.37. The lowest BCUT2D eigenvalue weighted by molar-refractivity contribution is -0.144. The first-order valence-electron chi connectivity index (χ1n) is 9.42. The number of halogens is 3. The molecule has 0 radical (unpaired) electrons. The van der Waals surface area contributed by atoms with Gasteiger partial charge in [0.05, 0.1) is 24.2 Å². The number of imidazole rings is 1. The zero-order valence-electron chi connectivity index (χ0n) is 16.4. The molecule has 1 aromatic heterocycles. The molecule has 1 unspecified atom stereocenters. The molecule has 2 N–H and O–H groups in total. The van der Waals surface area contributed by atoms with E-state index < -0.39 is 18.0 Å². The number of aromatic amines is 1. The average molecular weight is 425 g/mol. The van der Waals surface area contributed by atoms with E-state index in [1.807, 2.05) is 30.3 Å². The minimum absolute atomic E-state index is 0.196. The molecule has 0 spiro atoms. The fourth-order valence-electron chi connectivity index (χ4n) is 3.32. The highest BCUT2D eigenvalue weighted by molar-refractivity contribution is 5.95. The van der Waals surface area contributed by atoms with Crippen LogP contribution in [0.2, 0.25) is 0 Å². The Morgan fingerprint density at radius 2 is 1.77 bits per heavy atom. The number of rotatable bonds is 5. The molecular weight excluding hydrogens is 407 g/mol. The zero-order chi connectivity index (χ0) is 22.0. The Balaban J connectivity index is 1.72. The van der Waals surface area contributed by atoms with Gasteiger partial charge >= 0.3 is 6.18 Å². The van der Waals surface area contributed by atoms with E-state index in [0.29, 0.717) is 16.9 Å². The van der Waals surface area contributed by atoms with Crippen molar-refractivity contribution in [3.8, 4) is 5.75 Å². The fraction of sp³-hybridized carbons (Fsp3) is 0.130. The molecule has 0 aliphatic carbocycles. The van der Waals surface area contributed by atoms with E-state index in [2.05, 4.69) is 15.3 Å². The summed E-state index contributed by atoms with van der Waals surface area (Å²) in [4.78, 5) is 18.9. The van der Waals surface area contributed by atoms with Crippen molar-refractivity contribution < 1.29 is 22.7 Å². The number of aromatic nitrogens is 2. The number of carbonyl (C=O) groups is 1. The molecule has 1 amide bonds. The fourth-order valence-corrected chi connectivity index (χ4v) is 3.32. The molecule has 0 fully saturated rings. The van der Waals surface area contributed by atoms with Crippen molar-refractivity contribution in [1.82, 2.24) is 15.3 Å². The summed E-state index contributed by atoms with van der Waals surface area (Å²) in [6, 6.07) is 20.1. The Morgan fingerprint density at radius 1 is 1.00 bits per heavy atom. The molecule has 0 bridgehead atoms. The van der Waals surface area contributed by atoms with Crippen molar-refractivity contribution in [2.45, 2.75) is 12.2 Å². The molecule has 8 heteroatoms. The number of H-pyrrole nitrogens is 1.